The summed E-state index contributed by atoms with van der Waals surface area (Å²) >= 11 is 0. The number of imidazole rings is 1. The summed E-state index contributed by atoms with van der Waals surface area (Å²) in [6.45, 7) is 4.45. The molecule has 0 saturated heterocycles. The van der Waals surface area contributed by atoms with Crippen molar-refractivity contribution in [3.05, 3.63) is 30.1 Å². The van der Waals surface area contributed by atoms with Gasteiger partial charge in [-0.15, -0.1) is 0 Å². The number of aromatic nitrogens is 2. The highest BCUT2D eigenvalue weighted by atomic mass is 16.1. The van der Waals surface area contributed by atoms with Gasteiger partial charge < -0.3 is 9.88 Å². The summed E-state index contributed by atoms with van der Waals surface area (Å²) in [6, 6.07) is 6.77. The van der Waals surface area contributed by atoms with Gasteiger partial charge in [-0.05, 0) is 31.0 Å². The molecule has 1 saturated carbocycles. The molecule has 3 rings (SSSR count). The minimum Gasteiger partial charge on any atom is -0.327 e. The van der Waals surface area contributed by atoms with Crippen LogP contribution in [0.1, 0.15) is 43.1 Å². The predicted molar refractivity (Wildman–Crippen MR) is 75.5 cm³/mol. The van der Waals surface area contributed by atoms with E-state index in [1.54, 1.807) is 0 Å². The molecule has 0 radical (unpaired) electrons. The van der Waals surface area contributed by atoms with E-state index in [9.17, 15) is 4.79 Å². The molecule has 1 aliphatic rings. The molecule has 100 valence electrons. The number of carbonyl (C=O) groups excluding carboxylic acids is 1. The number of rotatable bonds is 5. The van der Waals surface area contributed by atoms with Gasteiger partial charge in [0, 0.05) is 17.6 Å². The van der Waals surface area contributed by atoms with Crippen LogP contribution in [0.2, 0.25) is 0 Å². The lowest BCUT2D eigenvalue weighted by molar-refractivity contribution is 0.0988. The Morgan fingerprint density at radius 2 is 2.26 bits per heavy atom. The zero-order valence-electron chi connectivity index (χ0n) is 11.4. The van der Waals surface area contributed by atoms with Crippen LogP contribution in [0.4, 0.5) is 0 Å². The minimum atomic E-state index is 0.122. The lowest BCUT2D eigenvalue weighted by atomic mass is 10.1. The van der Waals surface area contributed by atoms with Crippen molar-refractivity contribution in [2.24, 2.45) is 0 Å². The molecule has 0 aliphatic heterocycles. The zero-order valence-corrected chi connectivity index (χ0v) is 11.4. The molecule has 0 spiro atoms. The average molecular weight is 257 g/mol. The van der Waals surface area contributed by atoms with Crippen molar-refractivity contribution < 1.29 is 4.79 Å². The van der Waals surface area contributed by atoms with Gasteiger partial charge in [-0.1, -0.05) is 13.8 Å². The standard InChI is InChI=1S/C15H19N3O/c1-10(2)16-8-15(19)11-3-6-14-13(7-11)17-9-18(14)12-4-5-12/h3,6-7,9-10,12,16H,4-5,8H2,1-2H3. The van der Waals surface area contributed by atoms with Gasteiger partial charge in [-0.25, -0.2) is 4.98 Å². The largest absolute Gasteiger partial charge is 0.327 e. The fourth-order valence-corrected chi connectivity index (χ4v) is 2.25. The Hall–Kier alpha value is -1.68. The van der Waals surface area contributed by atoms with Gasteiger partial charge >= 0.3 is 0 Å². The van der Waals surface area contributed by atoms with Crippen LogP contribution in [0, 0.1) is 0 Å². The molecule has 0 amide bonds. The van der Waals surface area contributed by atoms with Crippen LogP contribution in [0.3, 0.4) is 0 Å². The Morgan fingerprint density at radius 3 is 2.95 bits per heavy atom. The molecule has 4 heteroatoms. The fourth-order valence-electron chi connectivity index (χ4n) is 2.25. The van der Waals surface area contributed by atoms with Crippen molar-refractivity contribution >= 4 is 16.8 Å². The number of Topliss-reactive ketones (excluding diaryl/α,β-unsaturated/α-hetero) is 1. The van der Waals surface area contributed by atoms with E-state index in [1.807, 2.05) is 38.4 Å². The smallest absolute Gasteiger partial charge is 0.176 e. The van der Waals surface area contributed by atoms with Crippen molar-refractivity contribution in [1.29, 1.82) is 0 Å². The number of hydrogen-bond acceptors (Lipinski definition) is 3. The highest BCUT2D eigenvalue weighted by molar-refractivity contribution is 6.00. The van der Waals surface area contributed by atoms with E-state index in [-0.39, 0.29) is 5.78 Å². The number of fused-ring (bicyclic) bond motifs is 1. The Kier molecular flexibility index (Phi) is 3.11. The van der Waals surface area contributed by atoms with Crippen molar-refractivity contribution in [2.75, 3.05) is 6.54 Å². The Labute approximate surface area is 112 Å². The van der Waals surface area contributed by atoms with Gasteiger partial charge in [0.2, 0.25) is 0 Å². The van der Waals surface area contributed by atoms with Gasteiger partial charge in [0.25, 0.3) is 0 Å². The van der Waals surface area contributed by atoms with Crippen LogP contribution < -0.4 is 5.32 Å². The molecule has 1 fully saturated rings. The first kappa shape index (κ1) is 12.4. The molecular formula is C15H19N3O. The van der Waals surface area contributed by atoms with E-state index in [1.165, 1.54) is 12.8 Å². The normalized spacial score (nSPS) is 15.3. The lowest BCUT2D eigenvalue weighted by Gasteiger charge is -2.07. The van der Waals surface area contributed by atoms with Crippen molar-refractivity contribution in [3.63, 3.8) is 0 Å². The number of benzene rings is 1. The topological polar surface area (TPSA) is 46.9 Å². The molecule has 0 unspecified atom stereocenters. The fraction of sp³-hybridized carbons (Fsp3) is 0.467. The molecule has 4 nitrogen and oxygen atoms in total. The van der Waals surface area contributed by atoms with Gasteiger partial charge in [0.1, 0.15) is 0 Å². The maximum absolute atomic E-state index is 12.0. The zero-order chi connectivity index (χ0) is 13.4. The number of ketones is 1. The molecule has 1 aromatic carbocycles. The van der Waals surface area contributed by atoms with E-state index < -0.39 is 0 Å². The van der Waals surface area contributed by atoms with Crippen LogP contribution in [0.25, 0.3) is 11.0 Å². The third kappa shape index (κ3) is 2.54. The first-order chi connectivity index (χ1) is 9.15. The van der Waals surface area contributed by atoms with Gasteiger partial charge in [-0.2, -0.15) is 0 Å². The van der Waals surface area contributed by atoms with Crippen molar-refractivity contribution in [1.82, 2.24) is 14.9 Å². The number of hydrogen-bond donors (Lipinski definition) is 1. The summed E-state index contributed by atoms with van der Waals surface area (Å²) in [5, 5.41) is 3.15. The summed E-state index contributed by atoms with van der Waals surface area (Å²) in [5.74, 6) is 0.122. The number of carbonyl (C=O) groups is 1. The second kappa shape index (κ2) is 4.78. The Morgan fingerprint density at radius 1 is 1.47 bits per heavy atom. The van der Waals surface area contributed by atoms with E-state index in [0.29, 0.717) is 18.6 Å². The molecule has 1 aliphatic carbocycles. The van der Waals surface area contributed by atoms with Crippen LogP contribution in [-0.4, -0.2) is 27.9 Å². The van der Waals surface area contributed by atoms with E-state index in [2.05, 4.69) is 14.9 Å². The SMILES string of the molecule is CC(C)NCC(=O)c1ccc2c(c1)ncn2C1CC1. The molecule has 0 atom stereocenters. The van der Waals surface area contributed by atoms with Crippen LogP contribution in [0.5, 0.6) is 0 Å². The first-order valence-electron chi connectivity index (χ1n) is 6.88. The first-order valence-corrected chi connectivity index (χ1v) is 6.88. The maximum atomic E-state index is 12.0. The molecule has 2 aromatic rings. The van der Waals surface area contributed by atoms with Crippen molar-refractivity contribution in [2.45, 2.75) is 38.8 Å². The van der Waals surface area contributed by atoms with Gasteiger partial charge in [0.15, 0.2) is 5.78 Å². The molecule has 19 heavy (non-hydrogen) atoms. The van der Waals surface area contributed by atoms with E-state index in [0.717, 1.165) is 16.6 Å². The number of nitrogens with one attached hydrogen (secondary N) is 1. The van der Waals surface area contributed by atoms with Crippen LogP contribution >= 0.6 is 0 Å². The highest BCUT2D eigenvalue weighted by Gasteiger charge is 2.25. The molecule has 1 N–H and O–H groups in total. The average Bonchev–Trinajstić information content (AvgIpc) is 3.15. The maximum Gasteiger partial charge on any atom is 0.176 e. The summed E-state index contributed by atoms with van der Waals surface area (Å²) in [5.41, 5.74) is 2.79. The third-order valence-corrected chi connectivity index (χ3v) is 3.51. The van der Waals surface area contributed by atoms with Gasteiger partial charge in [-0.3, -0.25) is 4.79 Å². The molecular weight excluding hydrogens is 238 g/mol. The third-order valence-electron chi connectivity index (χ3n) is 3.51. The van der Waals surface area contributed by atoms with Gasteiger partial charge in [0.05, 0.1) is 23.9 Å². The summed E-state index contributed by atoms with van der Waals surface area (Å²) in [7, 11) is 0. The van der Waals surface area contributed by atoms with Crippen LogP contribution in [-0.2, 0) is 0 Å². The molecule has 1 heterocycles. The second-order valence-corrected chi connectivity index (χ2v) is 5.55. The quantitative estimate of drug-likeness (QED) is 0.837. The lowest BCUT2D eigenvalue weighted by Crippen LogP contribution is -2.29. The predicted octanol–water partition coefficient (Wildman–Crippen LogP) is 2.55. The summed E-state index contributed by atoms with van der Waals surface area (Å²) in [6.07, 6.45) is 4.37. The molecule has 0 bridgehead atoms. The Bertz CT molecular complexity index is 611. The second-order valence-electron chi connectivity index (χ2n) is 5.55. The summed E-state index contributed by atoms with van der Waals surface area (Å²) in [4.78, 5) is 16.5. The van der Waals surface area contributed by atoms with Crippen molar-refractivity contribution in [3.8, 4) is 0 Å². The minimum absolute atomic E-state index is 0.122. The van der Waals surface area contributed by atoms with Crippen LogP contribution in [0.15, 0.2) is 24.5 Å². The Balaban J connectivity index is 1.83. The summed E-state index contributed by atoms with van der Waals surface area (Å²) < 4.78 is 2.22. The number of nitrogens with zero attached hydrogens (tertiary/aromatic N) is 2. The highest BCUT2D eigenvalue weighted by Crippen LogP contribution is 2.37. The monoisotopic (exact) mass is 257 g/mol. The molecule has 1 aromatic heterocycles. The van der Waals surface area contributed by atoms with E-state index >= 15 is 0 Å². The van der Waals surface area contributed by atoms with E-state index in [4.69, 9.17) is 0 Å².